The normalized spacial score (nSPS) is 18.0. The van der Waals surface area contributed by atoms with Crippen molar-refractivity contribution in [3.8, 4) is 5.75 Å². The molecule has 1 aliphatic heterocycles. The summed E-state index contributed by atoms with van der Waals surface area (Å²) in [5.74, 6) is -2.03. The summed E-state index contributed by atoms with van der Waals surface area (Å²) in [6.45, 7) is 0.285. The predicted octanol–water partition coefficient (Wildman–Crippen LogP) is 5.38. The molecular weight excluding hydrogens is 488 g/mol. The Morgan fingerprint density at radius 3 is 2.35 bits per heavy atom. The summed E-state index contributed by atoms with van der Waals surface area (Å²) in [5.41, 5.74) is 0.407. The van der Waals surface area contributed by atoms with E-state index < -0.39 is 23.5 Å². The van der Waals surface area contributed by atoms with Crippen molar-refractivity contribution in [2.24, 2.45) is 0 Å². The predicted molar refractivity (Wildman–Crippen MR) is 120 cm³/mol. The summed E-state index contributed by atoms with van der Waals surface area (Å²) in [7, 11) is 2.84. The number of Topliss-reactive ketones (excluding diaryl/α,β-unsaturated/α-hetero) is 1. The van der Waals surface area contributed by atoms with Gasteiger partial charge in [-0.1, -0.05) is 52.5 Å². The molecule has 2 aromatic rings. The lowest BCUT2D eigenvalue weighted by molar-refractivity contribution is -0.140. The van der Waals surface area contributed by atoms with E-state index in [0.717, 1.165) is 0 Å². The molecule has 1 heterocycles. The second-order valence-corrected chi connectivity index (χ2v) is 8.29. The van der Waals surface area contributed by atoms with Crippen LogP contribution in [0.3, 0.4) is 0 Å². The van der Waals surface area contributed by atoms with Gasteiger partial charge in [0.1, 0.15) is 11.5 Å². The van der Waals surface area contributed by atoms with Gasteiger partial charge in [-0.15, -0.1) is 0 Å². The largest absolute Gasteiger partial charge is 0.507 e. The molecule has 1 atom stereocenters. The Morgan fingerprint density at radius 1 is 1.03 bits per heavy atom. The summed E-state index contributed by atoms with van der Waals surface area (Å²) < 4.78 is 10.4. The summed E-state index contributed by atoms with van der Waals surface area (Å²) >= 11 is 24.5. The first-order valence-electron chi connectivity index (χ1n) is 8.97. The first kappa shape index (κ1) is 23.7. The number of aliphatic hydroxyl groups is 1. The van der Waals surface area contributed by atoms with Crippen LogP contribution in [0.15, 0.2) is 35.9 Å². The molecule has 0 aromatic heterocycles. The number of likely N-dealkylation sites (tertiary alicyclic amines) is 1. The maximum absolute atomic E-state index is 13.0. The molecule has 0 spiro atoms. The van der Waals surface area contributed by atoms with E-state index in [1.54, 1.807) is 12.1 Å². The van der Waals surface area contributed by atoms with Crippen LogP contribution in [0, 0.1) is 0 Å². The number of amides is 1. The zero-order chi connectivity index (χ0) is 22.9. The Hall–Kier alpha value is -1.96. The van der Waals surface area contributed by atoms with Crippen molar-refractivity contribution in [1.29, 1.82) is 0 Å². The Kier molecular flexibility index (Phi) is 7.39. The fourth-order valence-corrected chi connectivity index (χ4v) is 4.30. The van der Waals surface area contributed by atoms with Crippen molar-refractivity contribution in [3.05, 3.63) is 67.1 Å². The lowest BCUT2D eigenvalue weighted by atomic mass is 9.95. The Morgan fingerprint density at radius 2 is 1.74 bits per heavy atom. The maximum Gasteiger partial charge on any atom is 0.295 e. The summed E-state index contributed by atoms with van der Waals surface area (Å²) in [5, 5.41) is 12.1. The standard InChI is InChI=1S/C21H17Cl4NO5/c1-30-6-5-26-17(10-3-4-13(23)14(24)7-10)16(19(28)21(26)29)18(27)12-8-11(22)9-15(25)20(12)31-2/h3-4,7-9,17,27H,5-6H2,1-2H3/b18-16+. The van der Waals surface area contributed by atoms with Crippen molar-refractivity contribution < 1.29 is 24.2 Å². The van der Waals surface area contributed by atoms with Crippen molar-refractivity contribution in [2.75, 3.05) is 27.4 Å². The Labute approximate surface area is 198 Å². The molecule has 6 nitrogen and oxygen atoms in total. The molecule has 0 bridgehead atoms. The third kappa shape index (κ3) is 4.49. The molecule has 10 heteroatoms. The van der Waals surface area contributed by atoms with Gasteiger partial charge in [-0.3, -0.25) is 9.59 Å². The minimum atomic E-state index is -0.938. The number of ether oxygens (including phenoxy) is 2. The van der Waals surface area contributed by atoms with Gasteiger partial charge in [0.2, 0.25) is 0 Å². The Balaban J connectivity index is 2.28. The topological polar surface area (TPSA) is 76.1 Å². The quantitative estimate of drug-likeness (QED) is 0.325. The van der Waals surface area contributed by atoms with E-state index in [1.807, 2.05) is 0 Å². The van der Waals surface area contributed by atoms with Crippen LogP contribution in [0.25, 0.3) is 5.76 Å². The SMILES string of the molecule is COCCN1C(=O)C(=O)/C(=C(/O)c2cc(Cl)cc(Cl)c2OC)C1c1ccc(Cl)c(Cl)c1. The molecule has 0 saturated carbocycles. The van der Waals surface area contributed by atoms with Crippen LogP contribution in [-0.4, -0.2) is 49.1 Å². The highest BCUT2D eigenvalue weighted by Gasteiger charge is 2.46. The zero-order valence-corrected chi connectivity index (χ0v) is 19.4. The summed E-state index contributed by atoms with van der Waals surface area (Å²) in [6.07, 6.45) is 0. The van der Waals surface area contributed by atoms with E-state index >= 15 is 0 Å². The Bertz CT molecular complexity index is 1090. The van der Waals surface area contributed by atoms with Crippen LogP contribution in [0.4, 0.5) is 0 Å². The number of aliphatic hydroxyl groups excluding tert-OH is 1. The van der Waals surface area contributed by atoms with Crippen molar-refractivity contribution >= 4 is 63.9 Å². The fraction of sp³-hybridized carbons (Fsp3) is 0.238. The zero-order valence-electron chi connectivity index (χ0n) is 16.4. The molecule has 31 heavy (non-hydrogen) atoms. The van der Waals surface area contributed by atoms with Crippen molar-refractivity contribution in [1.82, 2.24) is 4.90 Å². The van der Waals surface area contributed by atoms with E-state index in [1.165, 1.54) is 37.3 Å². The third-order valence-corrected chi connectivity index (χ3v) is 6.04. The number of carbonyl (C=O) groups is 2. The van der Waals surface area contributed by atoms with Gasteiger partial charge < -0.3 is 19.5 Å². The number of carbonyl (C=O) groups excluding carboxylic acids is 2. The van der Waals surface area contributed by atoms with Crippen LogP contribution >= 0.6 is 46.4 Å². The number of hydrogen-bond donors (Lipinski definition) is 1. The lowest BCUT2D eigenvalue weighted by Gasteiger charge is -2.25. The number of methoxy groups -OCH3 is 2. The van der Waals surface area contributed by atoms with Crippen molar-refractivity contribution in [2.45, 2.75) is 6.04 Å². The molecule has 2 aromatic carbocycles. The highest BCUT2D eigenvalue weighted by atomic mass is 35.5. The van der Waals surface area contributed by atoms with Gasteiger partial charge >= 0.3 is 0 Å². The number of rotatable bonds is 6. The van der Waals surface area contributed by atoms with Crippen LogP contribution < -0.4 is 4.74 Å². The van der Waals surface area contributed by atoms with E-state index in [2.05, 4.69) is 0 Å². The smallest absolute Gasteiger partial charge is 0.295 e. The van der Waals surface area contributed by atoms with Gasteiger partial charge in [0.25, 0.3) is 11.7 Å². The van der Waals surface area contributed by atoms with Gasteiger partial charge in [-0.25, -0.2) is 0 Å². The summed E-state index contributed by atoms with van der Waals surface area (Å²) in [4.78, 5) is 27.1. The van der Waals surface area contributed by atoms with E-state index in [-0.39, 0.29) is 45.1 Å². The molecule has 3 rings (SSSR count). The average Bonchev–Trinajstić information content (AvgIpc) is 2.97. The number of hydrogen-bond acceptors (Lipinski definition) is 5. The van der Waals surface area contributed by atoms with Crippen LogP contribution in [0.1, 0.15) is 17.2 Å². The number of benzene rings is 2. The first-order chi connectivity index (χ1) is 14.7. The molecule has 1 unspecified atom stereocenters. The van der Waals surface area contributed by atoms with E-state index in [9.17, 15) is 14.7 Å². The van der Waals surface area contributed by atoms with Crippen LogP contribution in [-0.2, 0) is 14.3 Å². The van der Waals surface area contributed by atoms with E-state index in [4.69, 9.17) is 55.9 Å². The monoisotopic (exact) mass is 503 g/mol. The molecule has 0 radical (unpaired) electrons. The van der Waals surface area contributed by atoms with Gasteiger partial charge in [-0.2, -0.15) is 0 Å². The molecule has 1 amide bonds. The van der Waals surface area contributed by atoms with Gasteiger partial charge in [0, 0.05) is 18.7 Å². The lowest BCUT2D eigenvalue weighted by Crippen LogP contribution is -2.32. The molecular formula is C21H17Cl4NO5. The summed E-state index contributed by atoms with van der Waals surface area (Å²) in [6, 6.07) is 6.61. The molecule has 1 fully saturated rings. The molecule has 1 N–H and O–H groups in total. The fourth-order valence-electron chi connectivity index (χ4n) is 3.42. The molecule has 1 saturated heterocycles. The second kappa shape index (κ2) is 9.67. The highest BCUT2D eigenvalue weighted by Crippen LogP contribution is 2.44. The van der Waals surface area contributed by atoms with Gasteiger partial charge in [-0.05, 0) is 29.8 Å². The minimum absolute atomic E-state index is 0.0785. The molecule has 1 aliphatic rings. The third-order valence-electron chi connectivity index (χ3n) is 4.80. The number of ketones is 1. The van der Waals surface area contributed by atoms with Gasteiger partial charge in [0.15, 0.2) is 0 Å². The van der Waals surface area contributed by atoms with E-state index in [0.29, 0.717) is 10.6 Å². The number of halogens is 4. The highest BCUT2D eigenvalue weighted by molar-refractivity contribution is 6.47. The number of nitrogens with zero attached hydrogens (tertiary/aromatic N) is 1. The average molecular weight is 505 g/mol. The molecule has 0 aliphatic carbocycles. The van der Waals surface area contributed by atoms with Gasteiger partial charge in [0.05, 0.1) is 46.0 Å². The van der Waals surface area contributed by atoms with Crippen molar-refractivity contribution in [3.63, 3.8) is 0 Å². The molecule has 164 valence electrons. The first-order valence-corrected chi connectivity index (χ1v) is 10.5. The maximum atomic E-state index is 13.0. The van der Waals surface area contributed by atoms with Crippen LogP contribution in [0.5, 0.6) is 5.75 Å². The second-order valence-electron chi connectivity index (χ2n) is 6.63. The van der Waals surface area contributed by atoms with Crippen LogP contribution in [0.2, 0.25) is 20.1 Å². The minimum Gasteiger partial charge on any atom is -0.507 e.